The Labute approximate surface area is 136 Å². The van der Waals surface area contributed by atoms with Crippen LogP contribution in [0, 0.1) is 0 Å². The lowest BCUT2D eigenvalue weighted by atomic mass is 9.94. The quantitative estimate of drug-likeness (QED) is 0.849. The Bertz CT molecular complexity index is 620. The van der Waals surface area contributed by atoms with E-state index in [0.29, 0.717) is 18.7 Å². The van der Waals surface area contributed by atoms with Gasteiger partial charge in [0, 0.05) is 12.3 Å². The predicted molar refractivity (Wildman–Crippen MR) is 90.2 cm³/mol. The Morgan fingerprint density at radius 2 is 1.55 bits per heavy atom. The van der Waals surface area contributed by atoms with Gasteiger partial charge in [-0.1, -0.05) is 48.5 Å². The molecule has 3 rings (SSSR count). The fourth-order valence-electron chi connectivity index (χ4n) is 3.14. The number of hydrogen-bond acceptors (Lipinski definition) is 1. The maximum atomic E-state index is 12.2. The van der Waals surface area contributed by atoms with Crippen molar-refractivity contribution in [3.63, 3.8) is 0 Å². The van der Waals surface area contributed by atoms with Crippen molar-refractivity contribution in [1.82, 2.24) is 5.32 Å². The van der Waals surface area contributed by atoms with Gasteiger partial charge >= 0.3 is 0 Å². The number of carbonyl (C=O) groups is 1. The van der Waals surface area contributed by atoms with Gasteiger partial charge in [-0.05, 0) is 41.5 Å². The first-order chi connectivity index (χ1) is 10.8. The first kappa shape index (κ1) is 15.1. The molecule has 1 N–H and O–H groups in total. The van der Waals surface area contributed by atoms with Gasteiger partial charge in [0.25, 0.3) is 0 Å². The average molecular weight is 314 g/mol. The molecule has 0 saturated carbocycles. The predicted octanol–water partition coefficient (Wildman–Crippen LogP) is 4.01. The molecule has 2 nitrogen and oxygen atoms in total. The summed E-state index contributed by atoms with van der Waals surface area (Å²) < 4.78 is 0. The second-order valence-corrected chi connectivity index (χ2v) is 6.07. The molecule has 0 aliphatic heterocycles. The Hall–Kier alpha value is -1.80. The highest BCUT2D eigenvalue weighted by molar-refractivity contribution is 6.17. The number of benzene rings is 2. The number of nitrogens with one attached hydrogen (secondary N) is 1. The minimum absolute atomic E-state index is 0.0577. The van der Waals surface area contributed by atoms with Crippen molar-refractivity contribution in [3.05, 3.63) is 70.8 Å². The minimum atomic E-state index is -0.0577. The molecule has 114 valence electrons. The van der Waals surface area contributed by atoms with Crippen LogP contribution in [0.25, 0.3) is 0 Å². The fraction of sp³-hybridized carbons (Fsp3) is 0.316. The standard InChI is InChI=1S/C19H20ClNO/c20-13-5-10-18(22)21-19-16-8-3-1-6-14(16)11-12-15-7-2-4-9-17(15)19/h1-4,6-9,19H,5,10-13H2,(H,21,22). The average Bonchev–Trinajstić information content (AvgIpc) is 2.71. The molecule has 1 aliphatic carbocycles. The molecule has 0 fully saturated rings. The van der Waals surface area contributed by atoms with Crippen LogP contribution in [-0.2, 0) is 17.6 Å². The van der Waals surface area contributed by atoms with E-state index in [2.05, 4.69) is 41.7 Å². The van der Waals surface area contributed by atoms with E-state index < -0.39 is 0 Å². The topological polar surface area (TPSA) is 29.1 Å². The summed E-state index contributed by atoms with van der Waals surface area (Å²) in [6.45, 7) is 0. The van der Waals surface area contributed by atoms with Gasteiger partial charge in [0.1, 0.15) is 0 Å². The molecule has 0 radical (unpaired) electrons. The van der Waals surface area contributed by atoms with E-state index >= 15 is 0 Å². The van der Waals surface area contributed by atoms with E-state index in [1.807, 2.05) is 12.1 Å². The first-order valence-corrected chi connectivity index (χ1v) is 8.34. The molecule has 0 unspecified atom stereocenters. The van der Waals surface area contributed by atoms with Crippen molar-refractivity contribution in [3.8, 4) is 0 Å². The Morgan fingerprint density at radius 1 is 1.00 bits per heavy atom. The molecule has 1 aliphatic rings. The molecule has 0 atom stereocenters. The lowest BCUT2D eigenvalue weighted by Gasteiger charge is -2.22. The molecular weight excluding hydrogens is 294 g/mol. The highest BCUT2D eigenvalue weighted by Gasteiger charge is 2.24. The summed E-state index contributed by atoms with van der Waals surface area (Å²) in [5.41, 5.74) is 5.07. The van der Waals surface area contributed by atoms with Crippen LogP contribution in [-0.4, -0.2) is 11.8 Å². The highest BCUT2D eigenvalue weighted by atomic mass is 35.5. The molecule has 2 aromatic carbocycles. The second kappa shape index (κ2) is 6.97. The number of carbonyl (C=O) groups excluding carboxylic acids is 1. The van der Waals surface area contributed by atoms with Crippen molar-refractivity contribution in [1.29, 1.82) is 0 Å². The number of hydrogen-bond donors (Lipinski definition) is 1. The van der Waals surface area contributed by atoms with Crippen LogP contribution in [0.1, 0.15) is 41.1 Å². The summed E-state index contributed by atoms with van der Waals surface area (Å²) in [7, 11) is 0. The van der Waals surface area contributed by atoms with Crippen molar-refractivity contribution in [2.75, 3.05) is 5.88 Å². The summed E-state index contributed by atoms with van der Waals surface area (Å²) in [6.07, 6.45) is 3.22. The van der Waals surface area contributed by atoms with E-state index in [1.54, 1.807) is 0 Å². The Kier molecular flexibility index (Phi) is 4.79. The number of rotatable bonds is 4. The lowest BCUT2D eigenvalue weighted by Crippen LogP contribution is -2.29. The summed E-state index contributed by atoms with van der Waals surface area (Å²) in [6, 6.07) is 16.8. The zero-order chi connectivity index (χ0) is 15.4. The van der Waals surface area contributed by atoms with Gasteiger partial charge in [0.15, 0.2) is 0 Å². The van der Waals surface area contributed by atoms with Crippen LogP contribution < -0.4 is 5.32 Å². The molecule has 2 aromatic rings. The summed E-state index contributed by atoms with van der Waals surface area (Å²) in [5.74, 6) is 0.586. The molecular formula is C19H20ClNO. The number of alkyl halides is 1. The van der Waals surface area contributed by atoms with E-state index in [0.717, 1.165) is 12.8 Å². The molecule has 0 saturated heterocycles. The van der Waals surface area contributed by atoms with Crippen LogP contribution in [0.15, 0.2) is 48.5 Å². The molecule has 1 amide bonds. The summed E-state index contributed by atoms with van der Waals surface area (Å²) in [5, 5.41) is 3.21. The molecule has 22 heavy (non-hydrogen) atoms. The van der Waals surface area contributed by atoms with Gasteiger partial charge in [-0.2, -0.15) is 0 Å². The van der Waals surface area contributed by atoms with E-state index in [9.17, 15) is 4.79 Å². The third-order valence-corrected chi connectivity index (χ3v) is 4.51. The van der Waals surface area contributed by atoms with Gasteiger partial charge < -0.3 is 5.32 Å². The monoisotopic (exact) mass is 313 g/mol. The summed E-state index contributed by atoms with van der Waals surface area (Å²) in [4.78, 5) is 12.2. The zero-order valence-electron chi connectivity index (χ0n) is 12.5. The van der Waals surface area contributed by atoms with Crippen molar-refractivity contribution < 1.29 is 4.79 Å². The second-order valence-electron chi connectivity index (χ2n) is 5.69. The third kappa shape index (κ3) is 3.17. The number of halogens is 1. The van der Waals surface area contributed by atoms with Crippen molar-refractivity contribution >= 4 is 17.5 Å². The molecule has 3 heteroatoms. The lowest BCUT2D eigenvalue weighted by molar-refractivity contribution is -0.121. The number of aryl methyl sites for hydroxylation is 2. The van der Waals surface area contributed by atoms with Gasteiger partial charge in [0.05, 0.1) is 6.04 Å². The fourth-order valence-corrected chi connectivity index (χ4v) is 3.27. The van der Waals surface area contributed by atoms with Gasteiger partial charge in [0.2, 0.25) is 5.91 Å². The molecule has 0 aromatic heterocycles. The maximum absolute atomic E-state index is 12.2. The smallest absolute Gasteiger partial charge is 0.220 e. The first-order valence-electron chi connectivity index (χ1n) is 7.80. The van der Waals surface area contributed by atoms with E-state index in [4.69, 9.17) is 11.6 Å². The van der Waals surface area contributed by atoms with Crippen LogP contribution >= 0.6 is 11.6 Å². The Morgan fingerprint density at radius 3 is 2.09 bits per heavy atom. The van der Waals surface area contributed by atoms with Crippen molar-refractivity contribution in [2.45, 2.75) is 31.7 Å². The van der Waals surface area contributed by atoms with Crippen LogP contribution in [0.4, 0.5) is 0 Å². The van der Waals surface area contributed by atoms with Crippen LogP contribution in [0.5, 0.6) is 0 Å². The third-order valence-electron chi connectivity index (χ3n) is 4.24. The molecule has 0 spiro atoms. The Balaban J connectivity index is 1.97. The minimum Gasteiger partial charge on any atom is -0.345 e. The van der Waals surface area contributed by atoms with Gasteiger partial charge in [-0.15, -0.1) is 11.6 Å². The molecule has 0 bridgehead atoms. The summed E-state index contributed by atoms with van der Waals surface area (Å²) >= 11 is 5.70. The SMILES string of the molecule is O=C(CCCCl)NC1c2ccccc2CCc2ccccc21. The molecule has 0 heterocycles. The largest absolute Gasteiger partial charge is 0.345 e. The van der Waals surface area contributed by atoms with Crippen LogP contribution in [0.3, 0.4) is 0 Å². The van der Waals surface area contributed by atoms with Gasteiger partial charge in [-0.3, -0.25) is 4.79 Å². The number of fused-ring (bicyclic) bond motifs is 2. The maximum Gasteiger partial charge on any atom is 0.220 e. The number of amides is 1. The zero-order valence-corrected chi connectivity index (χ0v) is 13.3. The van der Waals surface area contributed by atoms with E-state index in [1.165, 1.54) is 22.3 Å². The van der Waals surface area contributed by atoms with Crippen LogP contribution in [0.2, 0.25) is 0 Å². The van der Waals surface area contributed by atoms with Crippen molar-refractivity contribution in [2.24, 2.45) is 0 Å². The normalized spacial score (nSPS) is 13.9. The van der Waals surface area contributed by atoms with E-state index in [-0.39, 0.29) is 11.9 Å². The van der Waals surface area contributed by atoms with Gasteiger partial charge in [-0.25, -0.2) is 0 Å². The highest BCUT2D eigenvalue weighted by Crippen LogP contribution is 2.32.